The van der Waals surface area contributed by atoms with E-state index in [1.807, 2.05) is 18.5 Å². The molecule has 1 aliphatic rings. The Kier molecular flexibility index (Phi) is 2.38. The third kappa shape index (κ3) is 1.32. The summed E-state index contributed by atoms with van der Waals surface area (Å²) in [7, 11) is 3.10. The third-order valence-electron chi connectivity index (χ3n) is 2.84. The van der Waals surface area contributed by atoms with E-state index < -0.39 is 0 Å². The first-order chi connectivity index (χ1) is 7.07. The maximum Gasteiger partial charge on any atom is 0.354 e. The van der Waals surface area contributed by atoms with Gasteiger partial charge in [0.15, 0.2) is 0 Å². The molecule has 0 saturated carbocycles. The van der Waals surface area contributed by atoms with Crippen molar-refractivity contribution in [1.29, 1.82) is 0 Å². The van der Waals surface area contributed by atoms with Crippen molar-refractivity contribution in [1.82, 2.24) is 4.57 Å². The van der Waals surface area contributed by atoms with Gasteiger partial charge in [0, 0.05) is 11.9 Å². The SMILES string of the molecule is COC(=O)c1c(C)c2c(n1C)C=C[SH]2C. The van der Waals surface area contributed by atoms with E-state index in [0.717, 1.165) is 11.3 Å². The highest BCUT2D eigenvalue weighted by molar-refractivity contribution is 8.19. The lowest BCUT2D eigenvalue weighted by atomic mass is 10.2. The predicted octanol–water partition coefficient (Wildman–Crippen LogP) is 2.09. The van der Waals surface area contributed by atoms with Crippen molar-refractivity contribution in [3.63, 3.8) is 0 Å². The van der Waals surface area contributed by atoms with Crippen molar-refractivity contribution in [2.45, 2.75) is 11.8 Å². The molecule has 0 aromatic carbocycles. The summed E-state index contributed by atoms with van der Waals surface area (Å²) in [5.41, 5.74) is 2.90. The van der Waals surface area contributed by atoms with Crippen molar-refractivity contribution in [3.05, 3.63) is 22.4 Å². The lowest BCUT2D eigenvalue weighted by Crippen LogP contribution is -2.09. The van der Waals surface area contributed by atoms with E-state index in [1.165, 1.54) is 12.0 Å². The molecule has 15 heavy (non-hydrogen) atoms. The highest BCUT2D eigenvalue weighted by atomic mass is 32.2. The molecule has 0 saturated heterocycles. The number of hydrogen-bond acceptors (Lipinski definition) is 2. The van der Waals surface area contributed by atoms with Gasteiger partial charge >= 0.3 is 5.97 Å². The molecule has 82 valence electrons. The first-order valence-electron chi connectivity index (χ1n) is 4.76. The summed E-state index contributed by atoms with van der Waals surface area (Å²) >= 11 is 0. The molecule has 1 aromatic heterocycles. The van der Waals surface area contributed by atoms with Crippen LogP contribution in [0.3, 0.4) is 0 Å². The van der Waals surface area contributed by atoms with Gasteiger partial charge in [-0.1, -0.05) is 0 Å². The van der Waals surface area contributed by atoms with Crippen LogP contribution in [0.4, 0.5) is 0 Å². The van der Waals surface area contributed by atoms with Crippen LogP contribution in [-0.4, -0.2) is 23.9 Å². The molecule has 0 fully saturated rings. The number of fused-ring (bicyclic) bond motifs is 1. The van der Waals surface area contributed by atoms with E-state index in [1.54, 1.807) is 0 Å². The number of nitrogens with zero attached hydrogens (tertiary/aromatic N) is 1. The lowest BCUT2D eigenvalue weighted by molar-refractivity contribution is 0.0589. The number of hydrogen-bond donors (Lipinski definition) is 1. The van der Waals surface area contributed by atoms with Crippen LogP contribution in [0, 0.1) is 6.92 Å². The Morgan fingerprint density at radius 3 is 2.73 bits per heavy atom. The summed E-state index contributed by atoms with van der Waals surface area (Å²) in [6.07, 6.45) is 4.30. The molecule has 1 aliphatic heterocycles. The van der Waals surface area contributed by atoms with Gasteiger partial charge < -0.3 is 9.30 Å². The third-order valence-corrected chi connectivity index (χ3v) is 4.70. The second kappa shape index (κ2) is 3.45. The second-order valence-electron chi connectivity index (χ2n) is 3.68. The summed E-state index contributed by atoms with van der Waals surface area (Å²) in [6.45, 7) is 2.00. The normalized spacial score (nSPS) is 20.4. The topological polar surface area (TPSA) is 31.2 Å². The number of ether oxygens (including phenoxy) is 1. The van der Waals surface area contributed by atoms with Crippen LogP contribution in [0.15, 0.2) is 10.3 Å². The first-order valence-corrected chi connectivity index (χ1v) is 6.62. The standard InChI is InChI=1S/C11H15NO2S/c1-7-9(11(13)14-3)12(2)8-5-6-15(4)10(7)8/h5-6,15H,1-4H3. The van der Waals surface area contributed by atoms with E-state index in [-0.39, 0.29) is 16.9 Å². The summed E-state index contributed by atoms with van der Waals surface area (Å²) in [5, 5.41) is 2.22. The van der Waals surface area contributed by atoms with E-state index >= 15 is 0 Å². The van der Waals surface area contributed by atoms with Gasteiger partial charge in [0.25, 0.3) is 0 Å². The maximum absolute atomic E-state index is 11.6. The van der Waals surface area contributed by atoms with Gasteiger partial charge in [-0.3, -0.25) is 0 Å². The molecule has 1 unspecified atom stereocenters. The Balaban J connectivity index is 2.65. The van der Waals surface area contributed by atoms with Gasteiger partial charge in [0.05, 0.1) is 12.8 Å². The number of carbonyl (C=O) groups excluding carboxylic acids is 1. The van der Waals surface area contributed by atoms with Gasteiger partial charge in [-0.25, -0.2) is 15.7 Å². The minimum absolute atomic E-state index is 0.236. The molecule has 0 bridgehead atoms. The highest BCUT2D eigenvalue weighted by Gasteiger charge is 2.25. The molecule has 0 N–H and O–H groups in total. The molecule has 1 atom stereocenters. The van der Waals surface area contributed by atoms with Crippen LogP contribution < -0.4 is 0 Å². The Morgan fingerprint density at radius 1 is 1.53 bits per heavy atom. The fourth-order valence-electron chi connectivity index (χ4n) is 2.11. The van der Waals surface area contributed by atoms with Crippen LogP contribution in [0.1, 0.15) is 21.7 Å². The molecule has 0 spiro atoms. The molecular formula is C11H15NO2S. The first kappa shape index (κ1) is 10.4. The number of aromatic nitrogens is 1. The summed E-state index contributed by atoms with van der Waals surface area (Å²) in [4.78, 5) is 12.9. The van der Waals surface area contributed by atoms with E-state index in [9.17, 15) is 4.79 Å². The van der Waals surface area contributed by atoms with E-state index in [2.05, 4.69) is 17.7 Å². The average Bonchev–Trinajstić information content (AvgIpc) is 2.69. The number of rotatable bonds is 1. The molecule has 2 rings (SSSR count). The Labute approximate surface area is 92.1 Å². The molecule has 0 aliphatic carbocycles. The molecule has 0 amide bonds. The fraction of sp³-hybridized carbons (Fsp3) is 0.364. The number of esters is 1. The minimum Gasteiger partial charge on any atom is -0.464 e. The zero-order valence-electron chi connectivity index (χ0n) is 9.37. The van der Waals surface area contributed by atoms with Crippen LogP contribution in [0.25, 0.3) is 6.08 Å². The van der Waals surface area contributed by atoms with Gasteiger partial charge in [-0.2, -0.15) is 0 Å². The smallest absolute Gasteiger partial charge is 0.354 e. The van der Waals surface area contributed by atoms with Crippen LogP contribution >= 0.6 is 10.9 Å². The molecule has 1 aromatic rings. The summed E-state index contributed by atoms with van der Waals surface area (Å²) in [5.74, 6) is -0.249. The van der Waals surface area contributed by atoms with Crippen molar-refractivity contribution >= 4 is 22.9 Å². The largest absolute Gasteiger partial charge is 0.464 e. The number of carbonyl (C=O) groups is 1. The fourth-order valence-corrected chi connectivity index (χ4v) is 3.85. The molecular weight excluding hydrogens is 210 g/mol. The monoisotopic (exact) mass is 225 g/mol. The second-order valence-corrected chi connectivity index (χ2v) is 5.65. The van der Waals surface area contributed by atoms with Crippen LogP contribution in [0.2, 0.25) is 0 Å². The van der Waals surface area contributed by atoms with Crippen LogP contribution in [0.5, 0.6) is 0 Å². The van der Waals surface area contributed by atoms with Crippen molar-refractivity contribution in [3.8, 4) is 0 Å². The van der Waals surface area contributed by atoms with Gasteiger partial charge in [0.2, 0.25) is 0 Å². The zero-order chi connectivity index (χ0) is 11.2. The summed E-state index contributed by atoms with van der Waals surface area (Å²) < 4.78 is 6.72. The van der Waals surface area contributed by atoms with E-state index in [0.29, 0.717) is 5.69 Å². The molecule has 2 heterocycles. The number of thiol groups is 1. The molecule has 0 radical (unpaired) electrons. The molecule has 3 nitrogen and oxygen atoms in total. The lowest BCUT2D eigenvalue weighted by Gasteiger charge is -2.06. The van der Waals surface area contributed by atoms with Crippen molar-refractivity contribution in [2.24, 2.45) is 7.05 Å². The zero-order valence-corrected chi connectivity index (χ0v) is 10.3. The van der Waals surface area contributed by atoms with Crippen molar-refractivity contribution < 1.29 is 9.53 Å². The Hall–Kier alpha value is -1.16. The van der Waals surface area contributed by atoms with Crippen LogP contribution in [-0.2, 0) is 11.8 Å². The maximum atomic E-state index is 11.6. The average molecular weight is 225 g/mol. The van der Waals surface area contributed by atoms with Crippen molar-refractivity contribution in [2.75, 3.05) is 13.4 Å². The van der Waals surface area contributed by atoms with Gasteiger partial charge in [-0.15, -0.1) is 0 Å². The molecule has 4 heteroatoms. The summed E-state index contributed by atoms with van der Waals surface area (Å²) in [6, 6.07) is 0. The Morgan fingerprint density at radius 2 is 2.20 bits per heavy atom. The van der Waals surface area contributed by atoms with Gasteiger partial charge in [0.1, 0.15) is 5.69 Å². The minimum atomic E-state index is -0.249. The predicted molar refractivity (Wildman–Crippen MR) is 63.7 cm³/mol. The Bertz CT molecular complexity index is 460. The van der Waals surface area contributed by atoms with Gasteiger partial charge in [-0.05, 0) is 30.2 Å². The van der Waals surface area contributed by atoms with E-state index in [4.69, 9.17) is 4.74 Å². The quantitative estimate of drug-likeness (QED) is 0.586. The highest BCUT2D eigenvalue weighted by Crippen LogP contribution is 2.47. The number of methoxy groups -OCH3 is 1.